The van der Waals surface area contributed by atoms with Crippen molar-refractivity contribution in [3.63, 3.8) is 0 Å². The molecule has 3 N–H and O–H groups in total. The predicted octanol–water partition coefficient (Wildman–Crippen LogP) is 5.64. The quantitative estimate of drug-likeness (QED) is 0.543. The van der Waals surface area contributed by atoms with Crippen LogP contribution in [0.25, 0.3) is 10.9 Å². The third kappa shape index (κ3) is 4.25. The van der Waals surface area contributed by atoms with Crippen molar-refractivity contribution in [2.24, 2.45) is 0 Å². The number of nitrogens with one attached hydrogen (secondary N) is 2. The molecule has 142 valence electrons. The third-order valence-electron chi connectivity index (χ3n) is 5.11. The van der Waals surface area contributed by atoms with Crippen LogP contribution < -0.4 is 10.6 Å². The second kappa shape index (κ2) is 8.01. The first-order chi connectivity index (χ1) is 12.6. The lowest BCUT2D eigenvalue weighted by Crippen LogP contribution is -2.37. The number of rotatable bonds is 4. The zero-order valence-corrected chi connectivity index (χ0v) is 16.2. The number of halogens is 1. The van der Waals surface area contributed by atoms with E-state index >= 15 is 0 Å². The predicted molar refractivity (Wildman–Crippen MR) is 113 cm³/mol. The Balaban J connectivity index is 0.00000210. The van der Waals surface area contributed by atoms with Crippen molar-refractivity contribution < 1.29 is 5.11 Å². The molecular formula is C21H25ClN4O. The molecule has 1 saturated carbocycles. The van der Waals surface area contributed by atoms with Gasteiger partial charge in [-0.2, -0.15) is 4.98 Å². The van der Waals surface area contributed by atoms with E-state index in [4.69, 9.17) is 4.98 Å². The van der Waals surface area contributed by atoms with Gasteiger partial charge >= 0.3 is 0 Å². The van der Waals surface area contributed by atoms with E-state index < -0.39 is 0 Å². The molecular weight excluding hydrogens is 360 g/mol. The fourth-order valence-corrected chi connectivity index (χ4v) is 3.67. The van der Waals surface area contributed by atoms with Gasteiger partial charge in [-0.1, -0.05) is 43.5 Å². The van der Waals surface area contributed by atoms with Crippen molar-refractivity contribution in [1.29, 1.82) is 0 Å². The van der Waals surface area contributed by atoms with E-state index in [1.165, 1.54) is 19.3 Å². The average Bonchev–Trinajstić information content (AvgIpc) is 2.64. The molecule has 3 aromatic rings. The van der Waals surface area contributed by atoms with Gasteiger partial charge in [0.05, 0.1) is 0 Å². The fraction of sp³-hybridized carbons (Fsp3) is 0.333. The molecule has 0 amide bonds. The Hall–Kier alpha value is -2.53. The molecule has 27 heavy (non-hydrogen) atoms. The normalized spacial score (nSPS) is 15.7. The van der Waals surface area contributed by atoms with Crippen LogP contribution in [0.5, 0.6) is 5.75 Å². The van der Waals surface area contributed by atoms with Crippen molar-refractivity contribution in [3.05, 3.63) is 48.5 Å². The van der Waals surface area contributed by atoms with Crippen LogP contribution in [0.4, 0.5) is 17.5 Å². The zero-order chi connectivity index (χ0) is 18.0. The Kier molecular flexibility index (Phi) is 5.71. The standard InChI is InChI=1S/C21H24N4O.ClH/c1-21(13-6-3-7-14-21)25-20-23-18-16(11-8-12-17(18)26)19(24-20)22-15-9-4-2-5-10-15;/h2,4-5,8-12,26H,3,6-7,13-14H2,1H3,(H2,22,23,24,25);1H. The van der Waals surface area contributed by atoms with Crippen LogP contribution in [-0.2, 0) is 0 Å². The second-order valence-electron chi connectivity index (χ2n) is 7.31. The van der Waals surface area contributed by atoms with E-state index in [9.17, 15) is 5.11 Å². The first-order valence-corrected chi connectivity index (χ1v) is 9.23. The van der Waals surface area contributed by atoms with Crippen molar-refractivity contribution in [2.45, 2.75) is 44.6 Å². The lowest BCUT2D eigenvalue weighted by Gasteiger charge is -2.34. The highest BCUT2D eigenvalue weighted by atomic mass is 35.5. The SMILES string of the molecule is CC1(Nc2nc(Nc3ccccc3)c3cccc(O)c3n2)CCCCC1.Cl. The molecule has 1 aromatic heterocycles. The molecule has 1 aliphatic carbocycles. The molecule has 4 rings (SSSR count). The van der Waals surface area contributed by atoms with Crippen LogP contribution in [0.3, 0.4) is 0 Å². The van der Waals surface area contributed by atoms with Crippen molar-refractivity contribution in [2.75, 3.05) is 10.6 Å². The minimum atomic E-state index is 0. The van der Waals surface area contributed by atoms with Crippen LogP contribution in [-0.4, -0.2) is 20.6 Å². The number of phenolic OH excluding ortho intramolecular Hbond substituents is 1. The molecule has 0 atom stereocenters. The average molecular weight is 385 g/mol. The van der Waals surface area contributed by atoms with Gasteiger partial charge in [0.1, 0.15) is 17.1 Å². The van der Waals surface area contributed by atoms with Gasteiger partial charge in [0.25, 0.3) is 0 Å². The maximum absolute atomic E-state index is 10.3. The molecule has 0 spiro atoms. The smallest absolute Gasteiger partial charge is 0.225 e. The molecule has 1 heterocycles. The molecule has 6 heteroatoms. The summed E-state index contributed by atoms with van der Waals surface area (Å²) in [6.07, 6.45) is 5.94. The van der Waals surface area contributed by atoms with Crippen molar-refractivity contribution in [3.8, 4) is 5.75 Å². The van der Waals surface area contributed by atoms with Crippen LogP contribution in [0.15, 0.2) is 48.5 Å². The van der Waals surface area contributed by atoms with E-state index in [1.54, 1.807) is 6.07 Å². The number of phenols is 1. The molecule has 1 aliphatic rings. The lowest BCUT2D eigenvalue weighted by molar-refractivity contribution is 0.347. The van der Waals surface area contributed by atoms with Gasteiger partial charge in [0.15, 0.2) is 0 Å². The summed E-state index contributed by atoms with van der Waals surface area (Å²) in [5.74, 6) is 1.42. The molecule has 0 unspecified atom stereocenters. The van der Waals surface area contributed by atoms with Crippen LogP contribution in [0.2, 0.25) is 0 Å². The minimum absolute atomic E-state index is 0. The van der Waals surface area contributed by atoms with Crippen molar-refractivity contribution >= 4 is 40.8 Å². The summed E-state index contributed by atoms with van der Waals surface area (Å²) in [7, 11) is 0. The Morgan fingerprint density at radius 2 is 1.67 bits per heavy atom. The van der Waals surface area contributed by atoms with Gasteiger partial charge in [0.2, 0.25) is 5.95 Å². The summed E-state index contributed by atoms with van der Waals surface area (Å²) in [5, 5.41) is 18.0. The van der Waals surface area contributed by atoms with Crippen LogP contribution in [0.1, 0.15) is 39.0 Å². The van der Waals surface area contributed by atoms with Gasteiger partial charge in [-0.25, -0.2) is 4.98 Å². The summed E-state index contributed by atoms with van der Waals surface area (Å²) in [6, 6.07) is 15.3. The Bertz CT molecular complexity index is 911. The number of benzene rings is 2. The number of nitrogens with zero attached hydrogens (tertiary/aromatic N) is 2. The third-order valence-corrected chi connectivity index (χ3v) is 5.11. The fourth-order valence-electron chi connectivity index (χ4n) is 3.67. The molecule has 0 aliphatic heterocycles. The number of aromatic hydroxyl groups is 1. The molecule has 1 fully saturated rings. The number of anilines is 3. The van der Waals surface area contributed by atoms with Gasteiger partial charge in [-0.15, -0.1) is 12.4 Å². The van der Waals surface area contributed by atoms with E-state index in [1.807, 2.05) is 42.5 Å². The topological polar surface area (TPSA) is 70.1 Å². The van der Waals surface area contributed by atoms with Crippen LogP contribution >= 0.6 is 12.4 Å². The molecule has 0 bridgehead atoms. The number of para-hydroxylation sites is 2. The summed E-state index contributed by atoms with van der Waals surface area (Å²) in [5.41, 5.74) is 1.51. The summed E-state index contributed by atoms with van der Waals surface area (Å²) in [4.78, 5) is 9.34. The minimum Gasteiger partial charge on any atom is -0.506 e. The van der Waals surface area contributed by atoms with Gasteiger partial charge in [-0.05, 0) is 44.0 Å². The van der Waals surface area contributed by atoms with Gasteiger partial charge in [0, 0.05) is 16.6 Å². The molecule has 0 saturated heterocycles. The van der Waals surface area contributed by atoms with Crippen LogP contribution in [0, 0.1) is 0 Å². The first-order valence-electron chi connectivity index (χ1n) is 9.23. The largest absolute Gasteiger partial charge is 0.506 e. The second-order valence-corrected chi connectivity index (χ2v) is 7.31. The molecule has 2 aromatic carbocycles. The highest BCUT2D eigenvalue weighted by Gasteiger charge is 2.27. The summed E-state index contributed by atoms with van der Waals surface area (Å²) in [6.45, 7) is 2.23. The highest BCUT2D eigenvalue weighted by molar-refractivity contribution is 5.95. The zero-order valence-electron chi connectivity index (χ0n) is 15.4. The maximum Gasteiger partial charge on any atom is 0.225 e. The van der Waals surface area contributed by atoms with Gasteiger partial charge in [-0.3, -0.25) is 0 Å². The molecule has 5 nitrogen and oxygen atoms in total. The van der Waals surface area contributed by atoms with E-state index in [2.05, 4.69) is 22.5 Å². The first kappa shape index (κ1) is 19.2. The summed E-state index contributed by atoms with van der Waals surface area (Å²) < 4.78 is 0. The van der Waals surface area contributed by atoms with E-state index in [0.717, 1.165) is 23.9 Å². The lowest BCUT2D eigenvalue weighted by atomic mass is 9.83. The van der Waals surface area contributed by atoms with Crippen molar-refractivity contribution in [1.82, 2.24) is 9.97 Å². The Morgan fingerprint density at radius 3 is 2.41 bits per heavy atom. The number of hydrogen-bond donors (Lipinski definition) is 3. The molecule has 0 radical (unpaired) electrons. The Morgan fingerprint density at radius 1 is 0.926 bits per heavy atom. The number of hydrogen-bond acceptors (Lipinski definition) is 5. The Labute approximate surface area is 165 Å². The van der Waals surface area contributed by atoms with Gasteiger partial charge < -0.3 is 15.7 Å². The van der Waals surface area contributed by atoms with E-state index in [-0.39, 0.29) is 23.7 Å². The monoisotopic (exact) mass is 384 g/mol. The summed E-state index contributed by atoms with van der Waals surface area (Å²) >= 11 is 0. The number of fused-ring (bicyclic) bond motifs is 1. The number of aromatic nitrogens is 2. The highest BCUT2D eigenvalue weighted by Crippen LogP contribution is 2.34. The maximum atomic E-state index is 10.3. The van der Waals surface area contributed by atoms with E-state index in [0.29, 0.717) is 17.3 Å².